The summed E-state index contributed by atoms with van der Waals surface area (Å²) in [5.41, 5.74) is 1.97. The highest BCUT2D eigenvalue weighted by atomic mass is 16.5. The van der Waals surface area contributed by atoms with Gasteiger partial charge in [0, 0.05) is 37.5 Å². The monoisotopic (exact) mass is 461 g/mol. The van der Waals surface area contributed by atoms with E-state index in [-0.39, 0.29) is 18.1 Å². The van der Waals surface area contributed by atoms with E-state index in [1.807, 2.05) is 44.2 Å². The zero-order valence-electron chi connectivity index (χ0n) is 20.2. The summed E-state index contributed by atoms with van der Waals surface area (Å²) in [7, 11) is 0. The number of anilines is 1. The predicted octanol–water partition coefficient (Wildman–Crippen LogP) is 2.46. The summed E-state index contributed by atoms with van der Waals surface area (Å²) >= 11 is 0. The van der Waals surface area contributed by atoms with Gasteiger partial charge >= 0.3 is 0 Å². The lowest BCUT2D eigenvalue weighted by molar-refractivity contribution is -0.0713. The fourth-order valence-electron chi connectivity index (χ4n) is 5.49. The molecule has 0 unspecified atom stereocenters. The van der Waals surface area contributed by atoms with Crippen molar-refractivity contribution in [3.63, 3.8) is 0 Å². The van der Waals surface area contributed by atoms with Crippen LogP contribution in [-0.2, 0) is 11.2 Å². The lowest BCUT2D eigenvalue weighted by Crippen LogP contribution is -2.58. The van der Waals surface area contributed by atoms with E-state index in [2.05, 4.69) is 33.8 Å². The van der Waals surface area contributed by atoms with Crippen LogP contribution in [-0.4, -0.2) is 76.7 Å². The Bertz CT molecular complexity index is 1060. The zero-order chi connectivity index (χ0) is 23.7. The first-order chi connectivity index (χ1) is 16.4. The molecule has 1 aromatic heterocycles. The molecule has 180 valence electrons. The SMILES string of the molecule is CC(C)O[C@H]1CN(c2ccc(C#C[C@@]3(O)CN4CCC3CC4)c(Cc3ccccc3)n2)C[C@H]1O. The summed E-state index contributed by atoms with van der Waals surface area (Å²) < 4.78 is 5.89. The number of piperidine rings is 3. The minimum absolute atomic E-state index is 0.0658. The van der Waals surface area contributed by atoms with E-state index in [0.29, 0.717) is 26.1 Å². The molecule has 5 heterocycles. The number of aliphatic hydroxyl groups excluding tert-OH is 1. The van der Waals surface area contributed by atoms with Crippen LogP contribution >= 0.6 is 0 Å². The third kappa shape index (κ3) is 4.99. The van der Waals surface area contributed by atoms with Gasteiger partial charge in [0.25, 0.3) is 0 Å². The molecule has 2 bridgehead atoms. The number of aromatic nitrogens is 1. The Morgan fingerprint density at radius 3 is 2.56 bits per heavy atom. The van der Waals surface area contributed by atoms with Gasteiger partial charge in [0.15, 0.2) is 0 Å². The van der Waals surface area contributed by atoms with Crippen LogP contribution in [0, 0.1) is 17.8 Å². The topological polar surface area (TPSA) is 69.1 Å². The number of fused-ring (bicyclic) bond motifs is 3. The first-order valence-corrected chi connectivity index (χ1v) is 12.5. The molecule has 4 aliphatic rings. The molecule has 1 aromatic carbocycles. The molecule has 4 fully saturated rings. The number of rotatable bonds is 5. The van der Waals surface area contributed by atoms with Crippen molar-refractivity contribution in [2.24, 2.45) is 5.92 Å². The molecule has 6 rings (SSSR count). The zero-order valence-corrected chi connectivity index (χ0v) is 20.2. The van der Waals surface area contributed by atoms with E-state index in [4.69, 9.17) is 9.72 Å². The van der Waals surface area contributed by atoms with Crippen LogP contribution in [0.3, 0.4) is 0 Å². The van der Waals surface area contributed by atoms with Crippen molar-refractivity contribution in [2.45, 2.75) is 57.0 Å². The number of β-amino-alcohol motifs (C(OH)–C–C–N with tert-alkyl or cyclic N) is 1. The average Bonchev–Trinajstić information content (AvgIpc) is 3.19. The smallest absolute Gasteiger partial charge is 0.141 e. The van der Waals surface area contributed by atoms with E-state index in [1.54, 1.807) is 0 Å². The van der Waals surface area contributed by atoms with Gasteiger partial charge in [-0.2, -0.15) is 0 Å². The second-order valence-electron chi connectivity index (χ2n) is 10.2. The fourth-order valence-corrected chi connectivity index (χ4v) is 5.49. The third-order valence-corrected chi connectivity index (χ3v) is 7.32. The molecular weight excluding hydrogens is 426 g/mol. The molecule has 2 N–H and O–H groups in total. The van der Waals surface area contributed by atoms with Gasteiger partial charge in [-0.1, -0.05) is 42.2 Å². The molecule has 0 radical (unpaired) electrons. The number of pyridine rings is 1. The molecule has 34 heavy (non-hydrogen) atoms. The molecular formula is C28H35N3O3. The van der Waals surface area contributed by atoms with Crippen LogP contribution in [0.5, 0.6) is 0 Å². The van der Waals surface area contributed by atoms with E-state index in [1.165, 1.54) is 5.56 Å². The second-order valence-corrected chi connectivity index (χ2v) is 10.2. The van der Waals surface area contributed by atoms with Gasteiger partial charge in [0.1, 0.15) is 17.5 Å². The van der Waals surface area contributed by atoms with Gasteiger partial charge < -0.3 is 19.8 Å². The molecule has 0 spiro atoms. The first-order valence-electron chi connectivity index (χ1n) is 12.5. The number of nitrogens with zero attached hydrogens (tertiary/aromatic N) is 3. The van der Waals surface area contributed by atoms with Crippen molar-refractivity contribution in [1.82, 2.24) is 9.88 Å². The minimum Gasteiger partial charge on any atom is -0.388 e. The first kappa shape index (κ1) is 23.3. The van der Waals surface area contributed by atoms with Crippen molar-refractivity contribution in [3.05, 3.63) is 59.3 Å². The van der Waals surface area contributed by atoms with E-state index < -0.39 is 11.7 Å². The van der Waals surface area contributed by atoms with Crippen molar-refractivity contribution < 1.29 is 14.9 Å². The highest BCUT2D eigenvalue weighted by Crippen LogP contribution is 2.35. The van der Waals surface area contributed by atoms with Crippen LogP contribution in [0.4, 0.5) is 5.82 Å². The number of hydrogen-bond donors (Lipinski definition) is 2. The maximum atomic E-state index is 11.3. The van der Waals surface area contributed by atoms with Gasteiger partial charge in [-0.05, 0) is 57.5 Å². The molecule has 3 atom stereocenters. The largest absolute Gasteiger partial charge is 0.388 e. The van der Waals surface area contributed by atoms with Gasteiger partial charge in [-0.3, -0.25) is 4.90 Å². The Hall–Kier alpha value is -2.43. The predicted molar refractivity (Wildman–Crippen MR) is 133 cm³/mol. The van der Waals surface area contributed by atoms with Crippen molar-refractivity contribution in [1.29, 1.82) is 0 Å². The summed E-state index contributed by atoms with van der Waals surface area (Å²) in [5, 5.41) is 21.8. The Balaban J connectivity index is 1.43. The van der Waals surface area contributed by atoms with Gasteiger partial charge in [-0.25, -0.2) is 4.98 Å². The van der Waals surface area contributed by atoms with Crippen LogP contribution in [0.2, 0.25) is 0 Å². The van der Waals surface area contributed by atoms with Crippen LogP contribution < -0.4 is 4.90 Å². The van der Waals surface area contributed by atoms with Crippen molar-refractivity contribution >= 4 is 5.82 Å². The third-order valence-electron chi connectivity index (χ3n) is 7.32. The number of hydrogen-bond acceptors (Lipinski definition) is 6. The van der Waals surface area contributed by atoms with Gasteiger partial charge in [0.05, 0.1) is 17.9 Å². The Labute approximate surface area is 202 Å². The molecule has 6 nitrogen and oxygen atoms in total. The van der Waals surface area contributed by atoms with E-state index in [0.717, 1.165) is 43.0 Å². The normalized spacial score (nSPS) is 30.4. The lowest BCUT2D eigenvalue weighted by Gasteiger charge is -2.47. The highest BCUT2D eigenvalue weighted by molar-refractivity contribution is 5.50. The number of benzene rings is 1. The fraction of sp³-hybridized carbons (Fsp3) is 0.536. The van der Waals surface area contributed by atoms with Gasteiger partial charge in [0.2, 0.25) is 0 Å². The molecule has 6 heteroatoms. The summed E-state index contributed by atoms with van der Waals surface area (Å²) in [6.45, 7) is 7.84. The van der Waals surface area contributed by atoms with Crippen molar-refractivity contribution in [2.75, 3.05) is 37.6 Å². The van der Waals surface area contributed by atoms with Gasteiger partial charge in [-0.15, -0.1) is 0 Å². The molecule has 2 aromatic rings. The Morgan fingerprint density at radius 1 is 1.12 bits per heavy atom. The van der Waals surface area contributed by atoms with Crippen molar-refractivity contribution in [3.8, 4) is 11.8 Å². The minimum atomic E-state index is -0.945. The molecule has 0 aliphatic carbocycles. The van der Waals surface area contributed by atoms with Crippen LogP contribution in [0.15, 0.2) is 42.5 Å². The summed E-state index contributed by atoms with van der Waals surface area (Å²) in [6, 6.07) is 14.3. The summed E-state index contributed by atoms with van der Waals surface area (Å²) in [6.07, 6.45) is 1.99. The maximum Gasteiger partial charge on any atom is 0.141 e. The molecule has 0 amide bonds. The lowest BCUT2D eigenvalue weighted by atomic mass is 9.75. The average molecular weight is 462 g/mol. The summed E-state index contributed by atoms with van der Waals surface area (Å²) in [4.78, 5) is 9.40. The highest BCUT2D eigenvalue weighted by Gasteiger charge is 2.44. The second kappa shape index (κ2) is 9.67. The standard InChI is InChI=1S/C28H35N3O3/c1-20(2)34-26-18-31(17-25(26)32)27-9-8-22(24(29-27)16-21-6-4-3-5-7-21)10-13-28(33)19-30-14-11-23(28)12-15-30/h3-9,20,23,25-26,32-33H,11-12,14-19H2,1-2H3/t25-,26+,28-/m1/s1. The Morgan fingerprint density at radius 2 is 1.88 bits per heavy atom. The molecule has 0 saturated carbocycles. The number of ether oxygens (including phenoxy) is 1. The van der Waals surface area contributed by atoms with Crippen LogP contribution in [0.1, 0.15) is 43.5 Å². The Kier molecular flexibility index (Phi) is 6.63. The van der Waals surface area contributed by atoms with Crippen LogP contribution in [0.25, 0.3) is 0 Å². The van der Waals surface area contributed by atoms with E-state index >= 15 is 0 Å². The molecule has 4 aliphatic heterocycles. The molecule has 4 saturated heterocycles. The summed E-state index contributed by atoms with van der Waals surface area (Å²) in [5.74, 6) is 7.63. The van der Waals surface area contributed by atoms with E-state index in [9.17, 15) is 10.2 Å². The maximum absolute atomic E-state index is 11.3. The number of aliphatic hydroxyl groups is 2. The quantitative estimate of drug-likeness (QED) is 0.667.